The van der Waals surface area contributed by atoms with Gasteiger partial charge in [0.15, 0.2) is 15.5 Å². The van der Waals surface area contributed by atoms with E-state index in [-0.39, 0.29) is 16.2 Å². The number of nitrogens with one attached hydrogen (secondary N) is 1. The summed E-state index contributed by atoms with van der Waals surface area (Å²) in [4.78, 5) is 12.6. The fourth-order valence-corrected chi connectivity index (χ4v) is 4.20. The summed E-state index contributed by atoms with van der Waals surface area (Å²) in [7, 11) is -3.48. The second-order valence-electron chi connectivity index (χ2n) is 8.65. The van der Waals surface area contributed by atoms with Gasteiger partial charge in [-0.1, -0.05) is 63.3 Å². The van der Waals surface area contributed by atoms with Crippen LogP contribution in [0.5, 0.6) is 0 Å². The number of rotatable bonds is 8. The molecule has 1 atom stereocenters. The van der Waals surface area contributed by atoms with Crippen molar-refractivity contribution in [3.05, 3.63) is 84.6 Å². The summed E-state index contributed by atoms with van der Waals surface area (Å²) in [6.07, 6.45) is -1.20. The van der Waals surface area contributed by atoms with Crippen molar-refractivity contribution in [1.29, 1.82) is 0 Å². The van der Waals surface area contributed by atoms with E-state index >= 15 is 0 Å². The minimum atomic E-state index is -4.79. The summed E-state index contributed by atoms with van der Waals surface area (Å²) in [5.41, 5.74) is -0.0612. The Labute approximate surface area is 239 Å². The molecule has 224 valence electrons. The number of hydrogen-bond donors (Lipinski definition) is 1. The Morgan fingerprint density at radius 3 is 2.07 bits per heavy atom. The standard InChI is InChI=1S/C24H24F3N3O3S.C4H7F.C2H6/c1-4-8-16(2)21-22(17-11-13-19(14-12-17)34(3,32)33)29-30(23(21)24(25,26)27)15-20(31)28-18-9-6-5-7-10-18;1-3-4(2)5;1-2/h5-14H,4,15H2,1-3H3,(H,28,31);3-4H,1H2,2H3;1-2H3/b16-8+;;. The number of hydrogen-bond acceptors (Lipinski definition) is 4. The van der Waals surface area contributed by atoms with Gasteiger partial charge in [-0.25, -0.2) is 17.5 Å². The van der Waals surface area contributed by atoms with Gasteiger partial charge in [-0.2, -0.15) is 18.3 Å². The first-order valence-corrected chi connectivity index (χ1v) is 14.8. The minimum Gasteiger partial charge on any atom is -0.324 e. The Hall–Kier alpha value is -3.73. The fraction of sp³-hybridized carbons (Fsp3) is 0.333. The molecule has 1 unspecified atom stereocenters. The summed E-state index contributed by atoms with van der Waals surface area (Å²) in [6, 6.07) is 13.9. The van der Waals surface area contributed by atoms with Gasteiger partial charge in [0.05, 0.1) is 4.90 Å². The normalized spacial score (nSPS) is 12.3. The molecule has 1 amide bonds. The van der Waals surface area contributed by atoms with E-state index in [4.69, 9.17) is 0 Å². The summed E-state index contributed by atoms with van der Waals surface area (Å²) >= 11 is 0. The van der Waals surface area contributed by atoms with Crippen molar-refractivity contribution < 1.29 is 30.8 Å². The first kappa shape index (κ1) is 35.3. The topological polar surface area (TPSA) is 81.1 Å². The molecule has 0 aliphatic heterocycles. The van der Waals surface area contributed by atoms with Crippen molar-refractivity contribution in [3.8, 4) is 11.3 Å². The van der Waals surface area contributed by atoms with Crippen LogP contribution >= 0.6 is 0 Å². The Bertz CT molecular complexity index is 1410. The molecule has 11 heteroatoms. The van der Waals surface area contributed by atoms with Crippen LogP contribution in [0.2, 0.25) is 0 Å². The van der Waals surface area contributed by atoms with Gasteiger partial charge >= 0.3 is 6.18 Å². The van der Waals surface area contributed by atoms with Crippen LogP contribution in [-0.2, 0) is 27.4 Å². The maximum Gasteiger partial charge on any atom is 0.433 e. The molecule has 0 aliphatic carbocycles. The maximum atomic E-state index is 14.2. The second-order valence-corrected chi connectivity index (χ2v) is 10.7. The molecular formula is C30H37F4N3O3S. The average Bonchev–Trinajstić information content (AvgIpc) is 3.30. The number of allylic oxidation sites excluding steroid dienone is 3. The zero-order chi connectivity index (χ0) is 31.4. The van der Waals surface area contributed by atoms with Gasteiger partial charge in [0.2, 0.25) is 5.91 Å². The maximum absolute atomic E-state index is 14.2. The first-order valence-electron chi connectivity index (χ1n) is 13.0. The zero-order valence-corrected chi connectivity index (χ0v) is 24.9. The van der Waals surface area contributed by atoms with E-state index in [9.17, 15) is 30.8 Å². The number of aromatic nitrogens is 2. The summed E-state index contributed by atoms with van der Waals surface area (Å²) in [5.74, 6) is -0.665. The Balaban J connectivity index is 0.00000108. The summed E-state index contributed by atoms with van der Waals surface area (Å²) < 4.78 is 78.2. The lowest BCUT2D eigenvalue weighted by Crippen LogP contribution is -2.24. The molecule has 1 heterocycles. The quantitative estimate of drug-likeness (QED) is 0.212. The number of carbonyl (C=O) groups is 1. The lowest BCUT2D eigenvalue weighted by molar-refractivity contribution is -0.144. The van der Waals surface area contributed by atoms with Crippen LogP contribution in [0.15, 0.2) is 78.2 Å². The molecule has 1 aromatic heterocycles. The highest BCUT2D eigenvalue weighted by Crippen LogP contribution is 2.40. The Morgan fingerprint density at radius 2 is 1.63 bits per heavy atom. The number of alkyl halides is 4. The molecule has 2 aromatic carbocycles. The van der Waals surface area contributed by atoms with Gasteiger partial charge in [-0.15, -0.1) is 6.58 Å². The van der Waals surface area contributed by atoms with E-state index in [1.807, 2.05) is 13.8 Å². The highest BCUT2D eigenvalue weighted by atomic mass is 32.2. The number of benzene rings is 2. The number of carbonyl (C=O) groups excluding carboxylic acids is 1. The predicted molar refractivity (Wildman–Crippen MR) is 157 cm³/mol. The third kappa shape index (κ3) is 10.6. The number of para-hydroxylation sites is 1. The van der Waals surface area contributed by atoms with Crippen LogP contribution < -0.4 is 5.32 Å². The van der Waals surface area contributed by atoms with Gasteiger partial charge < -0.3 is 5.32 Å². The van der Waals surface area contributed by atoms with Crippen molar-refractivity contribution in [2.24, 2.45) is 0 Å². The van der Waals surface area contributed by atoms with Crippen molar-refractivity contribution >= 4 is 27.0 Å². The Morgan fingerprint density at radius 1 is 1.10 bits per heavy atom. The molecule has 0 radical (unpaired) electrons. The molecule has 41 heavy (non-hydrogen) atoms. The smallest absolute Gasteiger partial charge is 0.324 e. The molecule has 0 saturated heterocycles. The third-order valence-electron chi connectivity index (χ3n) is 5.36. The van der Waals surface area contributed by atoms with Gasteiger partial charge in [-0.05, 0) is 50.1 Å². The van der Waals surface area contributed by atoms with E-state index in [0.717, 1.165) is 6.26 Å². The van der Waals surface area contributed by atoms with E-state index in [2.05, 4.69) is 17.0 Å². The molecule has 3 aromatic rings. The van der Waals surface area contributed by atoms with Gasteiger partial charge in [0.1, 0.15) is 18.4 Å². The molecular weight excluding hydrogens is 558 g/mol. The van der Waals surface area contributed by atoms with Crippen LogP contribution in [0.1, 0.15) is 52.3 Å². The molecule has 0 aliphatic rings. The highest BCUT2D eigenvalue weighted by Gasteiger charge is 2.41. The van der Waals surface area contributed by atoms with Crippen LogP contribution in [0.25, 0.3) is 16.8 Å². The second kappa shape index (κ2) is 15.9. The molecule has 6 nitrogen and oxygen atoms in total. The SMILES string of the molecule is C=CC(C)F.CC.CC/C=C(\C)c1c(-c2ccc(S(C)(=O)=O)cc2)nn(CC(=O)Nc2ccccc2)c1C(F)(F)F. The van der Waals surface area contributed by atoms with Gasteiger partial charge in [0, 0.05) is 23.1 Å². The van der Waals surface area contributed by atoms with Crippen LogP contribution in [-0.4, -0.2) is 36.5 Å². The third-order valence-corrected chi connectivity index (χ3v) is 6.49. The first-order chi connectivity index (χ1) is 19.2. The van der Waals surface area contributed by atoms with Crippen LogP contribution in [0, 0.1) is 0 Å². The Kier molecular flexibility index (Phi) is 13.7. The fourth-order valence-electron chi connectivity index (χ4n) is 3.57. The number of anilines is 1. The molecule has 0 spiro atoms. The van der Waals surface area contributed by atoms with Crippen molar-refractivity contribution in [2.45, 2.75) is 64.8 Å². The largest absolute Gasteiger partial charge is 0.433 e. The number of halogens is 4. The lowest BCUT2D eigenvalue weighted by atomic mass is 9.99. The van der Waals surface area contributed by atoms with Gasteiger partial charge in [0.25, 0.3) is 0 Å². The van der Waals surface area contributed by atoms with Crippen molar-refractivity contribution in [2.75, 3.05) is 11.6 Å². The molecule has 0 saturated carbocycles. The van der Waals surface area contributed by atoms with E-state index in [1.54, 1.807) is 50.3 Å². The number of amides is 1. The van der Waals surface area contributed by atoms with Crippen LogP contribution in [0.4, 0.5) is 23.2 Å². The predicted octanol–water partition coefficient (Wildman–Crippen LogP) is 7.98. The zero-order valence-electron chi connectivity index (χ0n) is 24.1. The summed E-state index contributed by atoms with van der Waals surface area (Å²) in [5, 5.41) is 6.74. The minimum absolute atomic E-state index is 0.0158. The van der Waals surface area contributed by atoms with Gasteiger partial charge in [-0.3, -0.25) is 4.79 Å². The van der Waals surface area contributed by atoms with Crippen molar-refractivity contribution in [1.82, 2.24) is 9.78 Å². The molecule has 0 fully saturated rings. The van der Waals surface area contributed by atoms with E-state index < -0.39 is 40.3 Å². The highest BCUT2D eigenvalue weighted by molar-refractivity contribution is 7.90. The summed E-state index contributed by atoms with van der Waals surface area (Å²) in [6.45, 7) is 11.3. The molecule has 1 N–H and O–H groups in total. The molecule has 0 bridgehead atoms. The number of nitrogens with zero attached hydrogens (tertiary/aromatic N) is 2. The van der Waals surface area contributed by atoms with Crippen molar-refractivity contribution in [3.63, 3.8) is 0 Å². The number of sulfone groups is 1. The van der Waals surface area contributed by atoms with E-state index in [1.165, 1.54) is 37.3 Å². The average molecular weight is 596 g/mol. The monoisotopic (exact) mass is 595 g/mol. The lowest BCUT2D eigenvalue weighted by Gasteiger charge is -2.13. The van der Waals surface area contributed by atoms with Crippen LogP contribution in [0.3, 0.4) is 0 Å². The van der Waals surface area contributed by atoms with E-state index in [0.29, 0.717) is 27.9 Å². The molecule has 3 rings (SSSR count).